The maximum absolute atomic E-state index is 11.3. The summed E-state index contributed by atoms with van der Waals surface area (Å²) < 4.78 is 1.80. The smallest absolute Gasteiger partial charge is 0.407 e. The summed E-state index contributed by atoms with van der Waals surface area (Å²) in [6, 6.07) is 6.93. The van der Waals surface area contributed by atoms with E-state index in [1.165, 1.54) is 4.90 Å². The van der Waals surface area contributed by atoms with E-state index in [2.05, 4.69) is 4.98 Å². The zero-order chi connectivity index (χ0) is 14.8. The third-order valence-corrected chi connectivity index (χ3v) is 3.79. The monoisotopic (exact) mass is 285 g/mol. The molecule has 1 N–H and O–H groups in total. The normalized spacial score (nSPS) is 17.9. The molecule has 3 rings (SSSR count). The highest BCUT2D eigenvalue weighted by Gasteiger charge is 2.33. The third-order valence-electron chi connectivity index (χ3n) is 3.79. The van der Waals surface area contributed by atoms with Gasteiger partial charge in [0.2, 0.25) is 0 Å². The first kappa shape index (κ1) is 13.4. The van der Waals surface area contributed by atoms with Crippen LogP contribution in [0.2, 0.25) is 0 Å². The Bertz CT molecular complexity index is 680. The Morgan fingerprint density at radius 2 is 2.19 bits per heavy atom. The van der Waals surface area contributed by atoms with E-state index in [4.69, 9.17) is 0 Å². The molecule has 0 unspecified atom stereocenters. The number of rotatable bonds is 3. The molecule has 1 amide bonds. The van der Waals surface area contributed by atoms with Crippen molar-refractivity contribution < 1.29 is 14.7 Å². The lowest BCUT2D eigenvalue weighted by Crippen LogP contribution is -2.30. The number of nitrogens with zero attached hydrogens (tertiary/aromatic N) is 3. The molecular formula is C15H15N3O3. The van der Waals surface area contributed by atoms with E-state index in [-0.39, 0.29) is 6.04 Å². The fourth-order valence-electron chi connectivity index (χ4n) is 2.84. The predicted molar refractivity (Wildman–Crippen MR) is 75.7 cm³/mol. The average molecular weight is 285 g/mol. The second-order valence-corrected chi connectivity index (χ2v) is 4.97. The predicted octanol–water partition coefficient (Wildman–Crippen LogP) is 2.50. The molecule has 108 valence electrons. The molecule has 6 nitrogen and oxygen atoms in total. The van der Waals surface area contributed by atoms with Gasteiger partial charge in [0, 0.05) is 24.5 Å². The lowest BCUT2D eigenvalue weighted by Gasteiger charge is -2.22. The molecule has 0 spiro atoms. The van der Waals surface area contributed by atoms with Crippen molar-refractivity contribution in [3.05, 3.63) is 48.0 Å². The molecule has 0 saturated carbocycles. The molecule has 1 fully saturated rings. The number of carbonyl (C=O) groups excluding carboxylic acids is 1. The molecule has 0 radical (unpaired) electrons. The Balaban J connectivity index is 2.05. The summed E-state index contributed by atoms with van der Waals surface area (Å²) in [6.07, 6.45) is 4.82. The molecule has 1 aromatic carbocycles. The minimum atomic E-state index is -0.935. The summed E-state index contributed by atoms with van der Waals surface area (Å²) in [6.45, 7) is 0.516. The van der Waals surface area contributed by atoms with Gasteiger partial charge in [-0.3, -0.25) is 9.69 Å². The molecule has 1 aliphatic rings. The van der Waals surface area contributed by atoms with Crippen molar-refractivity contribution in [1.29, 1.82) is 0 Å². The molecule has 6 heteroatoms. The number of carboxylic acid groups (broad SMARTS) is 1. The van der Waals surface area contributed by atoms with E-state index in [1.54, 1.807) is 29.1 Å². The summed E-state index contributed by atoms with van der Waals surface area (Å²) in [5.41, 5.74) is 1.27. The molecule has 1 aliphatic heterocycles. The maximum atomic E-state index is 11.3. The Hall–Kier alpha value is -2.63. The van der Waals surface area contributed by atoms with Crippen LogP contribution in [0, 0.1) is 0 Å². The van der Waals surface area contributed by atoms with Crippen molar-refractivity contribution in [2.45, 2.75) is 18.9 Å². The van der Waals surface area contributed by atoms with E-state index in [0.29, 0.717) is 17.9 Å². The van der Waals surface area contributed by atoms with Crippen molar-refractivity contribution >= 4 is 12.4 Å². The van der Waals surface area contributed by atoms with Crippen molar-refractivity contribution in [2.75, 3.05) is 6.54 Å². The molecule has 0 aliphatic carbocycles. The van der Waals surface area contributed by atoms with Gasteiger partial charge in [-0.05, 0) is 25.0 Å². The number of aromatic nitrogens is 2. The molecule has 1 saturated heterocycles. The lowest BCUT2D eigenvalue weighted by molar-refractivity contribution is 0.112. The number of para-hydroxylation sites is 1. The summed E-state index contributed by atoms with van der Waals surface area (Å²) in [4.78, 5) is 28.2. The van der Waals surface area contributed by atoms with Crippen molar-refractivity contribution in [3.8, 4) is 5.69 Å². The van der Waals surface area contributed by atoms with E-state index < -0.39 is 6.09 Å². The Morgan fingerprint density at radius 3 is 2.95 bits per heavy atom. The zero-order valence-electron chi connectivity index (χ0n) is 11.3. The van der Waals surface area contributed by atoms with Crippen LogP contribution in [0.3, 0.4) is 0 Å². The first-order chi connectivity index (χ1) is 10.2. The standard InChI is InChI=1S/C15H15N3O3/c19-10-11-4-1-2-5-12(11)17-9-7-16-14(17)13-6-3-8-18(13)15(20)21/h1-2,4-5,7,9-10,13H,3,6,8H2,(H,20,21)/t13-/m0/s1. The fraction of sp³-hybridized carbons (Fsp3) is 0.267. The number of benzene rings is 1. The second kappa shape index (κ2) is 5.40. The van der Waals surface area contributed by atoms with Crippen LogP contribution in [0.5, 0.6) is 0 Å². The first-order valence-corrected chi connectivity index (χ1v) is 6.79. The van der Waals surface area contributed by atoms with Crippen LogP contribution < -0.4 is 0 Å². The molecule has 1 aromatic heterocycles. The number of imidazole rings is 1. The van der Waals surface area contributed by atoms with Crippen LogP contribution in [-0.4, -0.2) is 38.5 Å². The van der Waals surface area contributed by atoms with Gasteiger partial charge in [0.25, 0.3) is 0 Å². The molecule has 2 aromatic rings. The highest BCUT2D eigenvalue weighted by atomic mass is 16.4. The number of likely N-dealkylation sites (tertiary alicyclic amines) is 1. The van der Waals surface area contributed by atoms with Crippen LogP contribution in [0.4, 0.5) is 4.79 Å². The number of hydrogen-bond donors (Lipinski definition) is 1. The quantitative estimate of drug-likeness (QED) is 0.879. The van der Waals surface area contributed by atoms with Gasteiger partial charge in [0.1, 0.15) is 5.82 Å². The van der Waals surface area contributed by atoms with E-state index in [0.717, 1.165) is 24.8 Å². The minimum Gasteiger partial charge on any atom is -0.465 e. The van der Waals surface area contributed by atoms with Crippen molar-refractivity contribution in [3.63, 3.8) is 0 Å². The lowest BCUT2D eigenvalue weighted by atomic mass is 10.1. The van der Waals surface area contributed by atoms with E-state index in [9.17, 15) is 14.7 Å². The first-order valence-electron chi connectivity index (χ1n) is 6.79. The van der Waals surface area contributed by atoms with Gasteiger partial charge in [-0.15, -0.1) is 0 Å². The summed E-state index contributed by atoms with van der Waals surface area (Å²) >= 11 is 0. The van der Waals surface area contributed by atoms with E-state index in [1.807, 2.05) is 12.1 Å². The van der Waals surface area contributed by atoms with Crippen LogP contribution in [-0.2, 0) is 0 Å². The Labute approximate surface area is 121 Å². The Kier molecular flexibility index (Phi) is 3.43. The highest BCUT2D eigenvalue weighted by molar-refractivity contribution is 5.80. The SMILES string of the molecule is O=Cc1ccccc1-n1ccnc1[C@@H]1CCCN1C(=O)O. The molecule has 1 atom stereocenters. The fourth-order valence-corrected chi connectivity index (χ4v) is 2.84. The van der Waals surface area contributed by atoms with Crippen LogP contribution in [0.15, 0.2) is 36.7 Å². The van der Waals surface area contributed by atoms with Crippen LogP contribution >= 0.6 is 0 Å². The van der Waals surface area contributed by atoms with Gasteiger partial charge >= 0.3 is 6.09 Å². The van der Waals surface area contributed by atoms with Crippen LogP contribution in [0.1, 0.15) is 35.1 Å². The zero-order valence-corrected chi connectivity index (χ0v) is 11.3. The third kappa shape index (κ3) is 2.29. The van der Waals surface area contributed by atoms with E-state index >= 15 is 0 Å². The van der Waals surface area contributed by atoms with Gasteiger partial charge in [-0.25, -0.2) is 9.78 Å². The summed E-state index contributed by atoms with van der Waals surface area (Å²) in [5.74, 6) is 0.657. The highest BCUT2D eigenvalue weighted by Crippen LogP contribution is 2.32. The van der Waals surface area contributed by atoms with Gasteiger partial charge in [0.15, 0.2) is 6.29 Å². The van der Waals surface area contributed by atoms with Gasteiger partial charge < -0.3 is 9.67 Å². The summed E-state index contributed by atoms with van der Waals surface area (Å²) in [5, 5.41) is 9.28. The minimum absolute atomic E-state index is 0.266. The molecule has 0 bridgehead atoms. The van der Waals surface area contributed by atoms with Gasteiger partial charge in [-0.1, -0.05) is 12.1 Å². The van der Waals surface area contributed by atoms with Gasteiger partial charge in [0.05, 0.1) is 11.7 Å². The number of carbonyl (C=O) groups is 2. The molecule has 21 heavy (non-hydrogen) atoms. The largest absolute Gasteiger partial charge is 0.465 e. The van der Waals surface area contributed by atoms with Crippen LogP contribution in [0.25, 0.3) is 5.69 Å². The van der Waals surface area contributed by atoms with Crippen molar-refractivity contribution in [1.82, 2.24) is 14.5 Å². The molecule has 2 heterocycles. The maximum Gasteiger partial charge on any atom is 0.407 e. The average Bonchev–Trinajstić information content (AvgIpc) is 3.15. The number of amides is 1. The number of aldehydes is 1. The van der Waals surface area contributed by atoms with Crippen molar-refractivity contribution in [2.24, 2.45) is 0 Å². The second-order valence-electron chi connectivity index (χ2n) is 4.97. The number of hydrogen-bond acceptors (Lipinski definition) is 3. The van der Waals surface area contributed by atoms with Gasteiger partial charge in [-0.2, -0.15) is 0 Å². The topological polar surface area (TPSA) is 75.4 Å². The summed E-state index contributed by atoms with van der Waals surface area (Å²) in [7, 11) is 0. The Morgan fingerprint density at radius 1 is 1.38 bits per heavy atom. The molecular weight excluding hydrogens is 270 g/mol.